The van der Waals surface area contributed by atoms with Crippen LogP contribution >= 0.6 is 11.3 Å². The molecule has 3 heterocycles. The number of amides is 1. The zero-order valence-corrected chi connectivity index (χ0v) is 15.1. The van der Waals surface area contributed by atoms with E-state index in [1.54, 1.807) is 11.3 Å². The molecule has 3 atom stereocenters. The lowest BCUT2D eigenvalue weighted by Crippen LogP contribution is -2.54. The van der Waals surface area contributed by atoms with Crippen molar-refractivity contribution in [2.24, 2.45) is 11.8 Å². The molecule has 0 bridgehead atoms. The maximum Gasteiger partial charge on any atom is 0.225 e. The summed E-state index contributed by atoms with van der Waals surface area (Å²) in [4.78, 5) is 16.5. The Balaban J connectivity index is 1.25. The van der Waals surface area contributed by atoms with Gasteiger partial charge in [-0.1, -0.05) is 12.5 Å². The summed E-state index contributed by atoms with van der Waals surface area (Å²) in [7, 11) is 0. The Labute approximate surface area is 148 Å². The van der Waals surface area contributed by atoms with Gasteiger partial charge < -0.3 is 10.1 Å². The van der Waals surface area contributed by atoms with E-state index in [1.165, 1.54) is 30.7 Å². The number of piperidine rings is 1. The Bertz CT molecular complexity index is 544. The van der Waals surface area contributed by atoms with E-state index < -0.39 is 0 Å². The molecular formula is C19H28N2O2S. The van der Waals surface area contributed by atoms with Crippen molar-refractivity contribution < 1.29 is 9.53 Å². The van der Waals surface area contributed by atoms with Crippen molar-refractivity contribution in [1.29, 1.82) is 0 Å². The molecule has 3 aliphatic rings. The number of hydrogen-bond donors (Lipinski definition) is 1. The number of thiophene rings is 1. The fraction of sp³-hybridized carbons (Fsp3) is 0.737. The summed E-state index contributed by atoms with van der Waals surface area (Å²) in [5.74, 6) is 0.767. The van der Waals surface area contributed by atoms with Crippen LogP contribution in [0.5, 0.6) is 0 Å². The summed E-state index contributed by atoms with van der Waals surface area (Å²) < 4.78 is 6.06. The van der Waals surface area contributed by atoms with Gasteiger partial charge in [0, 0.05) is 30.6 Å². The van der Waals surface area contributed by atoms with Gasteiger partial charge in [-0.05, 0) is 49.5 Å². The van der Waals surface area contributed by atoms with Crippen molar-refractivity contribution in [2.45, 2.75) is 50.7 Å². The largest absolute Gasteiger partial charge is 0.377 e. The minimum Gasteiger partial charge on any atom is -0.377 e. The van der Waals surface area contributed by atoms with E-state index in [0.29, 0.717) is 18.6 Å². The highest BCUT2D eigenvalue weighted by Crippen LogP contribution is 2.35. The van der Waals surface area contributed by atoms with Crippen molar-refractivity contribution in [3.05, 3.63) is 22.4 Å². The van der Waals surface area contributed by atoms with Gasteiger partial charge in [-0.3, -0.25) is 9.69 Å². The van der Waals surface area contributed by atoms with E-state index in [1.807, 2.05) is 0 Å². The number of likely N-dealkylation sites (tertiary alicyclic amines) is 1. The Kier molecular flexibility index (Phi) is 5.20. The molecular weight excluding hydrogens is 320 g/mol. The molecule has 3 fully saturated rings. The van der Waals surface area contributed by atoms with Crippen LogP contribution in [0.2, 0.25) is 0 Å². The van der Waals surface area contributed by atoms with E-state index in [-0.39, 0.29) is 11.8 Å². The summed E-state index contributed by atoms with van der Waals surface area (Å²) in [6, 6.07) is 5.00. The SMILES string of the molecule is O=C(NCCc1cccs1)[C@H]1CO[C@H]2CCN(C3CCC3)C[C@H]2C1. The highest BCUT2D eigenvalue weighted by Gasteiger charge is 2.40. The summed E-state index contributed by atoms with van der Waals surface area (Å²) in [6.45, 7) is 3.66. The Morgan fingerprint density at radius 2 is 2.29 bits per heavy atom. The number of ether oxygens (including phenoxy) is 1. The lowest BCUT2D eigenvalue weighted by molar-refractivity contribution is -0.140. The normalized spacial score (nSPS) is 31.2. The van der Waals surface area contributed by atoms with Crippen LogP contribution in [-0.4, -0.2) is 49.2 Å². The van der Waals surface area contributed by atoms with Crippen LogP contribution in [0.25, 0.3) is 0 Å². The van der Waals surface area contributed by atoms with Gasteiger partial charge in [-0.25, -0.2) is 0 Å². The zero-order valence-electron chi connectivity index (χ0n) is 14.3. The second kappa shape index (κ2) is 7.54. The minimum atomic E-state index is 0.0379. The molecule has 4 nitrogen and oxygen atoms in total. The molecule has 1 aromatic heterocycles. The number of hydrogen-bond acceptors (Lipinski definition) is 4. The first-order valence-corrected chi connectivity index (χ1v) is 10.3. The van der Waals surface area contributed by atoms with Crippen molar-refractivity contribution in [3.63, 3.8) is 0 Å². The highest BCUT2D eigenvalue weighted by molar-refractivity contribution is 7.09. The van der Waals surface area contributed by atoms with Crippen molar-refractivity contribution >= 4 is 17.2 Å². The summed E-state index contributed by atoms with van der Waals surface area (Å²) in [5, 5.41) is 5.20. The van der Waals surface area contributed by atoms with Gasteiger partial charge in [-0.2, -0.15) is 0 Å². The number of fused-ring (bicyclic) bond motifs is 1. The van der Waals surface area contributed by atoms with Crippen LogP contribution in [0, 0.1) is 11.8 Å². The first-order valence-electron chi connectivity index (χ1n) is 9.45. The first kappa shape index (κ1) is 16.6. The first-order chi connectivity index (χ1) is 11.8. The molecule has 1 aliphatic carbocycles. The predicted molar refractivity (Wildman–Crippen MR) is 96.2 cm³/mol. The Morgan fingerprint density at radius 3 is 3.04 bits per heavy atom. The van der Waals surface area contributed by atoms with E-state index >= 15 is 0 Å². The van der Waals surface area contributed by atoms with Gasteiger partial charge in [0.15, 0.2) is 0 Å². The van der Waals surface area contributed by atoms with Crippen molar-refractivity contribution in [3.8, 4) is 0 Å². The topological polar surface area (TPSA) is 41.6 Å². The molecule has 0 unspecified atom stereocenters. The van der Waals surface area contributed by atoms with Gasteiger partial charge in [0.2, 0.25) is 5.91 Å². The van der Waals surface area contributed by atoms with Gasteiger partial charge in [0.05, 0.1) is 18.6 Å². The summed E-state index contributed by atoms with van der Waals surface area (Å²) >= 11 is 1.75. The number of carbonyl (C=O) groups is 1. The maximum atomic E-state index is 12.5. The fourth-order valence-corrected chi connectivity index (χ4v) is 5.04. The third-order valence-corrected chi connectivity index (χ3v) is 6.94. The molecule has 0 spiro atoms. The molecule has 0 radical (unpaired) electrons. The van der Waals surface area contributed by atoms with Crippen molar-refractivity contribution in [1.82, 2.24) is 10.2 Å². The molecule has 1 N–H and O–H groups in total. The quantitative estimate of drug-likeness (QED) is 0.889. The molecule has 24 heavy (non-hydrogen) atoms. The highest BCUT2D eigenvalue weighted by atomic mass is 32.1. The minimum absolute atomic E-state index is 0.0379. The average Bonchev–Trinajstić information content (AvgIpc) is 3.06. The van der Waals surface area contributed by atoms with Crippen LogP contribution < -0.4 is 5.32 Å². The zero-order chi connectivity index (χ0) is 16.4. The molecule has 1 saturated carbocycles. The maximum absolute atomic E-state index is 12.5. The Morgan fingerprint density at radius 1 is 1.38 bits per heavy atom. The summed E-state index contributed by atoms with van der Waals surface area (Å²) in [6.07, 6.45) is 7.58. The van der Waals surface area contributed by atoms with Crippen LogP contribution in [-0.2, 0) is 16.0 Å². The standard InChI is InChI=1S/C19H28N2O2S/c22-19(20-8-6-17-5-2-10-24-17)15-11-14-12-21(16-3-1-4-16)9-7-18(14)23-13-15/h2,5,10,14-16,18H,1,3-4,6-9,11-13H2,(H,20,22)/t14-,15-,18+/m1/s1. The smallest absolute Gasteiger partial charge is 0.225 e. The molecule has 1 amide bonds. The van der Waals surface area contributed by atoms with Crippen molar-refractivity contribution in [2.75, 3.05) is 26.2 Å². The van der Waals surface area contributed by atoms with Crippen LogP contribution in [0.4, 0.5) is 0 Å². The monoisotopic (exact) mass is 348 g/mol. The number of nitrogens with one attached hydrogen (secondary N) is 1. The third kappa shape index (κ3) is 3.68. The van der Waals surface area contributed by atoms with Gasteiger partial charge >= 0.3 is 0 Å². The molecule has 4 rings (SSSR count). The van der Waals surface area contributed by atoms with Crippen LogP contribution in [0.1, 0.15) is 37.0 Å². The Hall–Kier alpha value is -0.910. The molecule has 132 valence electrons. The third-order valence-electron chi connectivity index (χ3n) is 6.01. The van der Waals surface area contributed by atoms with Gasteiger partial charge in [0.25, 0.3) is 0 Å². The molecule has 2 saturated heterocycles. The van der Waals surface area contributed by atoms with Gasteiger partial charge in [-0.15, -0.1) is 11.3 Å². The average molecular weight is 349 g/mol. The lowest BCUT2D eigenvalue weighted by Gasteiger charge is -2.47. The van der Waals surface area contributed by atoms with Crippen LogP contribution in [0.15, 0.2) is 17.5 Å². The predicted octanol–water partition coefficient (Wildman–Crippen LogP) is 2.69. The van der Waals surface area contributed by atoms with E-state index in [9.17, 15) is 4.79 Å². The molecule has 2 aliphatic heterocycles. The summed E-state index contributed by atoms with van der Waals surface area (Å²) in [5.41, 5.74) is 0. The number of nitrogens with zero attached hydrogens (tertiary/aromatic N) is 1. The molecule has 0 aromatic carbocycles. The lowest BCUT2D eigenvalue weighted by atomic mass is 9.81. The molecule has 5 heteroatoms. The number of rotatable bonds is 5. The van der Waals surface area contributed by atoms with E-state index in [4.69, 9.17) is 4.74 Å². The van der Waals surface area contributed by atoms with Crippen LogP contribution in [0.3, 0.4) is 0 Å². The van der Waals surface area contributed by atoms with Gasteiger partial charge in [0.1, 0.15) is 0 Å². The second-order valence-corrected chi connectivity index (χ2v) is 8.59. The fourth-order valence-electron chi connectivity index (χ4n) is 4.33. The number of carbonyl (C=O) groups excluding carboxylic acids is 1. The van der Waals surface area contributed by atoms with E-state index in [0.717, 1.165) is 38.4 Å². The second-order valence-electron chi connectivity index (χ2n) is 7.55. The van der Waals surface area contributed by atoms with E-state index in [2.05, 4.69) is 27.7 Å². The molecule has 1 aromatic rings.